The van der Waals surface area contributed by atoms with Crippen LogP contribution >= 0.6 is 0 Å². The first-order valence-corrected chi connectivity index (χ1v) is 0.943. The van der Waals surface area contributed by atoms with Crippen LogP contribution in [-0.2, 0) is 40.2 Å². The summed E-state index contributed by atoms with van der Waals surface area (Å²) in [6.45, 7) is 13.0. The summed E-state index contributed by atoms with van der Waals surface area (Å²) in [7, 11) is 0. The molecule has 0 aromatic rings. The second kappa shape index (κ2) is 749. The van der Waals surface area contributed by atoms with Gasteiger partial charge in [-0.2, -0.15) is 0 Å². The molecule has 0 atom stereocenters. The van der Waals surface area contributed by atoms with Crippen LogP contribution in [0, 0.1) is 0 Å². The molecular weight excluding hydrogens is 307 g/mol. The van der Waals surface area contributed by atoms with E-state index in [-0.39, 0.29) is 21.1 Å². The number of rotatable bonds is 0. The van der Waals surface area contributed by atoms with Gasteiger partial charge in [0.2, 0.25) is 0 Å². The summed E-state index contributed by atoms with van der Waals surface area (Å²) in [6, 6.07) is 0. The summed E-state index contributed by atoms with van der Waals surface area (Å²) in [5.41, 5.74) is 0. The van der Waals surface area contributed by atoms with Gasteiger partial charge in [-0.3, -0.25) is 27.2 Å². The minimum absolute atomic E-state index is 0. The predicted molar refractivity (Wildman–Crippen MR) is 27.0 cm³/mol. The Labute approximate surface area is 67.9 Å². The van der Waals surface area contributed by atoms with Gasteiger partial charge in [0.05, 0.1) is 0 Å². The van der Waals surface area contributed by atoms with Gasteiger partial charge in [0, 0.05) is 0 Å². The predicted octanol–water partition coefficient (Wildman–Crippen LogP) is -1.10. The normalized spacial score (nSPS) is 1.78. The van der Waals surface area contributed by atoms with Crippen molar-refractivity contribution in [2.45, 2.75) is 0 Å². The molecule has 0 fully saturated rings. The molecule has 0 amide bonds. The fraction of sp³-hybridized carbons (Fsp3) is 0. The first kappa shape index (κ1) is 40.0. The smallest absolute Gasteiger partial charge is 0.545 e. The van der Waals surface area contributed by atoms with Crippen LogP contribution in [0.5, 0.6) is 0 Å². The maximum Gasteiger partial charge on any atom is 4.00 e. The molecule has 0 saturated carbocycles. The van der Waals surface area contributed by atoms with Crippen molar-refractivity contribution in [1.29, 1.82) is 0 Å². The van der Waals surface area contributed by atoms with E-state index in [0.717, 1.165) is 0 Å². The minimum Gasteiger partial charge on any atom is -0.545 e. The van der Waals surface area contributed by atoms with E-state index in [1.165, 1.54) is 0 Å². The molecule has 0 unspecified atom stereocenters. The van der Waals surface area contributed by atoms with Gasteiger partial charge in [0.15, 0.2) is 0 Å². The monoisotopic (exact) mass is 311 g/mol. The fourth-order valence-corrected chi connectivity index (χ4v) is 0. The maximum absolute atomic E-state index is 7.75. The zero-order valence-corrected chi connectivity index (χ0v) is 6.53. The summed E-state index contributed by atoms with van der Waals surface area (Å²) in [6.07, 6.45) is 0. The van der Waals surface area contributed by atoms with E-state index in [9.17, 15) is 0 Å². The van der Waals surface area contributed by atoms with Crippen LogP contribution in [0.15, 0.2) is 0 Å². The van der Waals surface area contributed by atoms with Crippen molar-refractivity contribution in [2.75, 3.05) is 0 Å². The Morgan fingerprint density at radius 1 is 0.444 bits per heavy atom. The molecule has 0 rings (SSSR count). The number of carbonyl (C=O) groups excluding carboxylic acids is 4. The molecule has 0 aliphatic heterocycles. The van der Waals surface area contributed by atoms with Gasteiger partial charge in [0.1, 0.15) is 0 Å². The van der Waals surface area contributed by atoms with Crippen LogP contribution in [0.4, 0.5) is 0 Å². The molecule has 0 radical (unpaired) electrons. The molecule has 0 saturated heterocycles. The summed E-state index contributed by atoms with van der Waals surface area (Å²) in [5, 5.41) is 0. The van der Waals surface area contributed by atoms with Crippen molar-refractivity contribution in [2.24, 2.45) is 0 Å². The number of hydrogen-bond acceptors (Lipinski definition) is 4. The van der Waals surface area contributed by atoms with E-state index in [0.29, 0.717) is 0 Å². The van der Waals surface area contributed by atoms with Crippen molar-refractivity contribution < 1.29 is 40.2 Å². The van der Waals surface area contributed by atoms with Gasteiger partial charge < -0.3 is 19.2 Å². The van der Waals surface area contributed by atoms with Crippen LogP contribution in [-0.4, -0.2) is 27.2 Å². The Morgan fingerprint density at radius 2 is 0.444 bits per heavy atom. The zero-order chi connectivity index (χ0) is 8.00. The largest absolute Gasteiger partial charge is 4.00 e. The second-order valence-electron chi connectivity index (χ2n) is 0. The molecule has 0 heterocycles. The van der Waals surface area contributed by atoms with Crippen LogP contribution in [0.3, 0.4) is 0 Å². The molecule has 0 aromatic heterocycles. The van der Waals surface area contributed by atoms with E-state index >= 15 is 0 Å². The molecule has 0 aliphatic carbocycles. The Morgan fingerprint density at radius 3 is 0.444 bits per heavy atom. The third-order valence-electron chi connectivity index (χ3n) is 0. The summed E-state index contributed by atoms with van der Waals surface area (Å²) < 4.78 is 0. The van der Waals surface area contributed by atoms with E-state index in [1.807, 2.05) is 0 Å². The van der Waals surface area contributed by atoms with E-state index in [1.54, 1.807) is 0 Å². The molecular formula is C4H4O4Pt. The zero-order valence-electron chi connectivity index (χ0n) is 4.26. The van der Waals surface area contributed by atoms with E-state index in [4.69, 9.17) is 19.2 Å². The minimum atomic E-state index is 0. The van der Waals surface area contributed by atoms with Crippen molar-refractivity contribution in [3.8, 4) is 0 Å². The Balaban J connectivity index is -0.00000000762. The molecule has 0 N–H and O–H groups in total. The van der Waals surface area contributed by atoms with Gasteiger partial charge in [-0.1, -0.05) is 0 Å². The Bertz CT molecular complexity index is 20.5. The molecule has 9 heavy (non-hydrogen) atoms. The third-order valence-corrected chi connectivity index (χ3v) is 0. The molecule has 4 nitrogen and oxygen atoms in total. The van der Waals surface area contributed by atoms with Crippen molar-refractivity contribution >= 4 is 27.2 Å². The standard InChI is InChI=1S/4CHO.Pt/c4*1-2;/h4*1H;/q4*-1;+4. The van der Waals surface area contributed by atoms with Gasteiger partial charge in [-0.05, 0) is 0 Å². The van der Waals surface area contributed by atoms with Crippen LogP contribution in [0.25, 0.3) is 0 Å². The van der Waals surface area contributed by atoms with Crippen molar-refractivity contribution in [1.82, 2.24) is 0 Å². The molecule has 54 valence electrons. The average Bonchev–Trinajstić information content (AvgIpc) is 2.03. The average molecular weight is 311 g/mol. The van der Waals surface area contributed by atoms with Crippen LogP contribution < -0.4 is 0 Å². The number of hydrogen-bond donors (Lipinski definition) is 0. The fourth-order valence-electron chi connectivity index (χ4n) is 0. The maximum atomic E-state index is 7.75. The Kier molecular flexibility index (Phi) is 3330. The molecule has 0 bridgehead atoms. The van der Waals surface area contributed by atoms with Crippen LogP contribution in [0.2, 0.25) is 0 Å². The first-order valence-electron chi connectivity index (χ1n) is 0.943. The molecule has 0 aromatic carbocycles. The molecule has 0 spiro atoms. The van der Waals surface area contributed by atoms with Crippen molar-refractivity contribution in [3.63, 3.8) is 0 Å². The first-order chi connectivity index (χ1) is 4.00. The van der Waals surface area contributed by atoms with Gasteiger partial charge in [0.25, 0.3) is 0 Å². The molecule has 5 heteroatoms. The summed E-state index contributed by atoms with van der Waals surface area (Å²) in [4.78, 5) is 31.0. The SMILES string of the molecule is [CH-]=O.[CH-]=O.[CH-]=O.[CH-]=O.[Pt+4]. The summed E-state index contributed by atoms with van der Waals surface area (Å²) in [5.74, 6) is 0. The van der Waals surface area contributed by atoms with Crippen LogP contribution in [0.1, 0.15) is 0 Å². The quantitative estimate of drug-likeness (QED) is 0.421. The van der Waals surface area contributed by atoms with E-state index < -0.39 is 0 Å². The van der Waals surface area contributed by atoms with Gasteiger partial charge in [-0.25, -0.2) is 0 Å². The summed E-state index contributed by atoms with van der Waals surface area (Å²) >= 11 is 0. The molecule has 0 aliphatic rings. The van der Waals surface area contributed by atoms with Crippen molar-refractivity contribution in [3.05, 3.63) is 0 Å². The topological polar surface area (TPSA) is 68.3 Å². The third kappa shape index (κ3) is 532. The second-order valence-corrected chi connectivity index (χ2v) is 0. The van der Waals surface area contributed by atoms with Gasteiger partial charge >= 0.3 is 21.1 Å². The Hall–Kier alpha value is -0.632. The van der Waals surface area contributed by atoms with Gasteiger partial charge in [-0.15, -0.1) is 0 Å². The van der Waals surface area contributed by atoms with E-state index in [2.05, 4.69) is 27.2 Å².